The lowest BCUT2D eigenvalue weighted by Crippen LogP contribution is -2.34. The van der Waals surface area contributed by atoms with Crippen LogP contribution in [0.3, 0.4) is 0 Å². The van der Waals surface area contributed by atoms with E-state index in [-0.39, 0.29) is 0 Å². The molecule has 0 saturated heterocycles. The van der Waals surface area contributed by atoms with Crippen LogP contribution < -0.4 is 0 Å². The summed E-state index contributed by atoms with van der Waals surface area (Å²) < 4.78 is 1.70. The molecule has 0 spiro atoms. The van der Waals surface area contributed by atoms with E-state index in [0.717, 1.165) is 16.7 Å². The Morgan fingerprint density at radius 3 is 2.46 bits per heavy atom. The average molecular weight is 410 g/mol. The standard InChI is InChI=1S/C22H17Cl2N3O/c1-22(21(24)28,13-15-5-3-2-4-6-15)19-11-12-25-20-18(14-26-27(19)20)16-7-9-17(23)10-8-16/h2-12,14H,13H2,1H3. The molecule has 1 atom stereocenters. The van der Waals surface area contributed by atoms with E-state index in [0.29, 0.717) is 22.8 Å². The summed E-state index contributed by atoms with van der Waals surface area (Å²) in [5.74, 6) is 0. The second-order valence-corrected chi connectivity index (χ2v) is 7.68. The molecule has 2 aromatic carbocycles. The van der Waals surface area contributed by atoms with Gasteiger partial charge in [-0.15, -0.1) is 0 Å². The topological polar surface area (TPSA) is 47.3 Å². The number of halogens is 2. The second-order valence-electron chi connectivity index (χ2n) is 6.90. The molecule has 140 valence electrons. The first kappa shape index (κ1) is 18.7. The number of aromatic nitrogens is 3. The SMILES string of the molecule is CC(Cc1ccccc1)(C(=O)Cl)c1ccnc2c(-c3ccc(Cl)cc3)cnn12. The van der Waals surface area contributed by atoms with Crippen LogP contribution in [0.2, 0.25) is 5.02 Å². The molecular weight excluding hydrogens is 393 g/mol. The maximum atomic E-state index is 12.5. The number of carbonyl (C=O) groups is 1. The van der Waals surface area contributed by atoms with Crippen LogP contribution in [-0.2, 0) is 16.6 Å². The summed E-state index contributed by atoms with van der Waals surface area (Å²) in [5.41, 5.74) is 3.24. The third kappa shape index (κ3) is 3.30. The van der Waals surface area contributed by atoms with Gasteiger partial charge in [-0.3, -0.25) is 4.79 Å². The van der Waals surface area contributed by atoms with E-state index in [9.17, 15) is 4.79 Å². The molecule has 0 aliphatic heterocycles. The van der Waals surface area contributed by atoms with Gasteiger partial charge >= 0.3 is 0 Å². The molecule has 6 heteroatoms. The van der Waals surface area contributed by atoms with Crippen molar-refractivity contribution in [1.29, 1.82) is 0 Å². The van der Waals surface area contributed by atoms with Crippen molar-refractivity contribution in [3.05, 3.63) is 89.3 Å². The summed E-state index contributed by atoms with van der Waals surface area (Å²) in [6, 6.07) is 19.1. The van der Waals surface area contributed by atoms with E-state index in [1.807, 2.05) is 61.5 Å². The molecule has 0 saturated carbocycles. The lowest BCUT2D eigenvalue weighted by atomic mass is 9.81. The number of nitrogens with zero attached hydrogens (tertiary/aromatic N) is 3. The number of carbonyl (C=O) groups excluding carboxylic acids is 1. The molecule has 0 amide bonds. The Labute approximate surface area is 172 Å². The first-order valence-corrected chi connectivity index (χ1v) is 9.58. The highest BCUT2D eigenvalue weighted by molar-refractivity contribution is 6.65. The Morgan fingerprint density at radius 1 is 1.07 bits per heavy atom. The summed E-state index contributed by atoms with van der Waals surface area (Å²) >= 11 is 12.1. The summed E-state index contributed by atoms with van der Waals surface area (Å²) in [4.78, 5) is 17.0. The van der Waals surface area contributed by atoms with Crippen molar-refractivity contribution in [3.8, 4) is 11.1 Å². The zero-order chi connectivity index (χ0) is 19.7. The van der Waals surface area contributed by atoms with Crippen LogP contribution in [0.25, 0.3) is 16.8 Å². The summed E-state index contributed by atoms with van der Waals surface area (Å²) in [6.45, 7) is 1.84. The van der Waals surface area contributed by atoms with Crippen molar-refractivity contribution in [1.82, 2.24) is 14.6 Å². The lowest BCUT2D eigenvalue weighted by Gasteiger charge is -2.26. The summed E-state index contributed by atoms with van der Waals surface area (Å²) in [5, 5.41) is 4.74. The number of fused-ring (bicyclic) bond motifs is 1. The van der Waals surface area contributed by atoms with Crippen LogP contribution in [0, 0.1) is 0 Å². The highest BCUT2D eigenvalue weighted by Crippen LogP contribution is 2.33. The lowest BCUT2D eigenvalue weighted by molar-refractivity contribution is -0.116. The Kier molecular flexibility index (Phi) is 4.92. The van der Waals surface area contributed by atoms with Crippen molar-refractivity contribution >= 4 is 34.1 Å². The maximum Gasteiger partial charge on any atom is 0.233 e. The maximum absolute atomic E-state index is 12.5. The molecule has 0 aliphatic rings. The van der Waals surface area contributed by atoms with Crippen LogP contribution in [0.15, 0.2) is 73.1 Å². The van der Waals surface area contributed by atoms with Crippen LogP contribution in [0.4, 0.5) is 0 Å². The van der Waals surface area contributed by atoms with Gasteiger partial charge < -0.3 is 0 Å². The smallest absolute Gasteiger partial charge is 0.233 e. The zero-order valence-electron chi connectivity index (χ0n) is 15.1. The minimum Gasteiger partial charge on any atom is -0.280 e. The van der Waals surface area contributed by atoms with Crippen molar-refractivity contribution in [2.75, 3.05) is 0 Å². The van der Waals surface area contributed by atoms with Gasteiger partial charge in [0.2, 0.25) is 5.24 Å². The number of rotatable bonds is 5. The van der Waals surface area contributed by atoms with Gasteiger partial charge in [0, 0.05) is 16.8 Å². The molecule has 2 aromatic heterocycles. The van der Waals surface area contributed by atoms with Gasteiger partial charge in [-0.25, -0.2) is 9.50 Å². The molecule has 4 aromatic rings. The molecule has 0 N–H and O–H groups in total. The molecular formula is C22H17Cl2N3O. The molecule has 0 fully saturated rings. The van der Waals surface area contributed by atoms with Gasteiger partial charge in [-0.2, -0.15) is 5.10 Å². The van der Waals surface area contributed by atoms with E-state index in [2.05, 4.69) is 10.1 Å². The molecule has 0 aliphatic carbocycles. The molecule has 2 heterocycles. The molecule has 0 bridgehead atoms. The van der Waals surface area contributed by atoms with Gasteiger partial charge in [0.25, 0.3) is 0 Å². The Balaban J connectivity index is 1.85. The van der Waals surface area contributed by atoms with Gasteiger partial charge in [0.05, 0.1) is 17.3 Å². The molecule has 1 unspecified atom stereocenters. The molecule has 4 nitrogen and oxygen atoms in total. The normalized spacial score (nSPS) is 13.4. The van der Waals surface area contributed by atoms with E-state index in [4.69, 9.17) is 23.2 Å². The Hall–Kier alpha value is -2.69. The fourth-order valence-corrected chi connectivity index (χ4v) is 3.70. The third-order valence-corrected chi connectivity index (χ3v) is 5.63. The van der Waals surface area contributed by atoms with Crippen LogP contribution in [0.5, 0.6) is 0 Å². The minimum absolute atomic E-state index is 0.438. The van der Waals surface area contributed by atoms with Crippen LogP contribution >= 0.6 is 23.2 Å². The number of hydrogen-bond donors (Lipinski definition) is 0. The van der Waals surface area contributed by atoms with Crippen molar-refractivity contribution in [2.24, 2.45) is 0 Å². The predicted octanol–water partition coefficient (Wildman–Crippen LogP) is 5.32. The van der Waals surface area contributed by atoms with Gasteiger partial charge in [0.15, 0.2) is 5.65 Å². The fourth-order valence-electron chi connectivity index (χ4n) is 3.41. The second kappa shape index (κ2) is 7.38. The summed E-state index contributed by atoms with van der Waals surface area (Å²) in [7, 11) is 0. The first-order valence-electron chi connectivity index (χ1n) is 8.82. The highest BCUT2D eigenvalue weighted by atomic mass is 35.5. The quantitative estimate of drug-likeness (QED) is 0.419. The number of hydrogen-bond acceptors (Lipinski definition) is 3. The van der Waals surface area contributed by atoms with E-state index in [1.54, 1.807) is 23.0 Å². The first-order chi connectivity index (χ1) is 13.5. The number of benzene rings is 2. The average Bonchev–Trinajstić information content (AvgIpc) is 3.13. The largest absolute Gasteiger partial charge is 0.280 e. The molecule has 28 heavy (non-hydrogen) atoms. The van der Waals surface area contributed by atoms with E-state index >= 15 is 0 Å². The monoisotopic (exact) mass is 409 g/mol. The van der Waals surface area contributed by atoms with Crippen LogP contribution in [-0.4, -0.2) is 19.8 Å². The Morgan fingerprint density at radius 2 is 1.79 bits per heavy atom. The van der Waals surface area contributed by atoms with Crippen molar-refractivity contribution in [2.45, 2.75) is 18.8 Å². The van der Waals surface area contributed by atoms with Crippen molar-refractivity contribution < 1.29 is 4.79 Å². The van der Waals surface area contributed by atoms with Crippen LogP contribution in [0.1, 0.15) is 18.2 Å². The summed E-state index contributed by atoms with van der Waals surface area (Å²) in [6.07, 6.45) is 3.90. The molecule has 0 radical (unpaired) electrons. The third-order valence-electron chi connectivity index (χ3n) is 4.96. The molecule has 4 rings (SSSR count). The zero-order valence-corrected chi connectivity index (χ0v) is 16.7. The van der Waals surface area contributed by atoms with Gasteiger partial charge in [0.1, 0.15) is 0 Å². The minimum atomic E-state index is -0.951. The van der Waals surface area contributed by atoms with Gasteiger partial charge in [-0.05, 0) is 54.3 Å². The van der Waals surface area contributed by atoms with Gasteiger partial charge in [-0.1, -0.05) is 54.1 Å². The van der Waals surface area contributed by atoms with E-state index in [1.165, 1.54) is 0 Å². The van der Waals surface area contributed by atoms with E-state index < -0.39 is 10.7 Å². The predicted molar refractivity (Wildman–Crippen MR) is 112 cm³/mol. The van der Waals surface area contributed by atoms with Crippen molar-refractivity contribution in [3.63, 3.8) is 0 Å². The highest BCUT2D eigenvalue weighted by Gasteiger charge is 2.37. The fraction of sp³-hybridized carbons (Fsp3) is 0.136. The Bertz CT molecular complexity index is 1140.